The first-order chi connectivity index (χ1) is 30.3. The summed E-state index contributed by atoms with van der Waals surface area (Å²) in [6, 6.07) is 90.3. The number of fused-ring (bicyclic) bond motifs is 4. The van der Waals surface area contributed by atoms with Crippen molar-refractivity contribution in [3.8, 4) is 22.3 Å². The number of rotatable bonds is 9. The van der Waals surface area contributed by atoms with Crippen molar-refractivity contribution in [1.82, 2.24) is 0 Å². The molecule has 288 valence electrons. The minimum Gasteiger partial charge on any atom is -0.453 e. The molecule has 0 bridgehead atoms. The van der Waals surface area contributed by atoms with Gasteiger partial charge < -0.3 is 9.32 Å². The molecule has 0 spiro atoms. The van der Waals surface area contributed by atoms with Crippen molar-refractivity contribution in [2.45, 2.75) is 0 Å². The average molecular weight is 796 g/mol. The summed E-state index contributed by atoms with van der Waals surface area (Å²) in [4.78, 5) is 2.36. The molecular weight excluding hydrogens is 755 g/mol. The summed E-state index contributed by atoms with van der Waals surface area (Å²) < 4.78 is 6.99. The fourth-order valence-electron chi connectivity index (χ4n) is 9.51. The monoisotopic (exact) mass is 795 g/mol. The Bertz CT molecular complexity index is 3180. The van der Waals surface area contributed by atoms with Crippen LogP contribution >= 0.6 is 0 Å². The van der Waals surface area contributed by atoms with Gasteiger partial charge in [-0.05, 0) is 67.1 Å². The third-order valence-electron chi connectivity index (χ3n) is 12.2. The van der Waals surface area contributed by atoms with Crippen LogP contribution in [0, 0.1) is 0 Å². The molecule has 0 unspecified atom stereocenters. The van der Waals surface area contributed by atoms with Gasteiger partial charge in [0.2, 0.25) is 0 Å². The summed E-state index contributed by atoms with van der Waals surface area (Å²) in [6.07, 6.45) is 0. The summed E-state index contributed by atoms with van der Waals surface area (Å²) in [6.45, 7) is 0. The zero-order valence-corrected chi connectivity index (χ0v) is 34.5. The first-order valence-electron chi connectivity index (χ1n) is 20.9. The molecule has 0 N–H and O–H groups in total. The van der Waals surface area contributed by atoms with E-state index >= 15 is 0 Å². The molecular formula is C58H41NOSi. The van der Waals surface area contributed by atoms with Crippen LogP contribution in [0.4, 0.5) is 17.1 Å². The molecule has 0 saturated carbocycles. The van der Waals surface area contributed by atoms with Crippen molar-refractivity contribution >= 4 is 78.6 Å². The summed E-state index contributed by atoms with van der Waals surface area (Å²) >= 11 is 0. The second-order valence-corrected chi connectivity index (χ2v) is 19.4. The Hall–Kier alpha value is -7.72. The number of para-hydroxylation sites is 3. The van der Waals surface area contributed by atoms with E-state index in [1.165, 1.54) is 37.3 Å². The molecule has 11 aromatic rings. The van der Waals surface area contributed by atoms with Gasteiger partial charge in [0.05, 0.1) is 11.4 Å². The fourth-order valence-corrected chi connectivity index (χ4v) is 14.2. The summed E-state index contributed by atoms with van der Waals surface area (Å²) in [5.41, 5.74) is 9.49. The molecule has 1 heterocycles. The minimum absolute atomic E-state index is 0.858. The third kappa shape index (κ3) is 6.18. The molecule has 0 aliphatic rings. The Morgan fingerprint density at radius 1 is 0.279 bits per heavy atom. The van der Waals surface area contributed by atoms with Gasteiger partial charge >= 0.3 is 0 Å². The summed E-state index contributed by atoms with van der Waals surface area (Å²) in [5, 5.41) is 10.00. The van der Waals surface area contributed by atoms with Crippen LogP contribution in [0.5, 0.6) is 0 Å². The largest absolute Gasteiger partial charge is 0.453 e. The molecule has 61 heavy (non-hydrogen) atoms. The molecule has 0 fully saturated rings. The molecule has 3 heteroatoms. The van der Waals surface area contributed by atoms with Crippen LogP contribution in [-0.4, -0.2) is 8.07 Å². The van der Waals surface area contributed by atoms with Crippen LogP contribution in [0.25, 0.3) is 55.0 Å². The topological polar surface area (TPSA) is 16.4 Å². The Balaban J connectivity index is 1.08. The van der Waals surface area contributed by atoms with Gasteiger partial charge in [-0.1, -0.05) is 224 Å². The predicted octanol–water partition coefficient (Wildman–Crippen LogP) is 12.9. The van der Waals surface area contributed by atoms with Crippen molar-refractivity contribution in [3.63, 3.8) is 0 Å². The molecule has 0 aliphatic heterocycles. The van der Waals surface area contributed by atoms with Gasteiger partial charge in [-0.3, -0.25) is 0 Å². The van der Waals surface area contributed by atoms with Crippen molar-refractivity contribution in [2.75, 3.05) is 4.90 Å². The van der Waals surface area contributed by atoms with Crippen molar-refractivity contribution in [1.29, 1.82) is 0 Å². The first-order valence-corrected chi connectivity index (χ1v) is 22.9. The first kappa shape index (κ1) is 36.4. The standard InChI is InChI=1S/C58H41NOSi/c1-6-20-42(21-7-1)50-32-18-33-53-54-34-19-35-56(58(54)60-57(50)53)59(44-22-8-2-9-23-44)55-41-40-49(51-30-16-17-31-52(51)55)43-36-38-48(39-37-43)61(45-24-10-3-11-25-45,46-26-12-4-13-27-46)47-28-14-5-15-29-47/h1-41H. The van der Waals surface area contributed by atoms with Gasteiger partial charge in [-0.15, -0.1) is 0 Å². The van der Waals surface area contributed by atoms with E-state index in [1.54, 1.807) is 0 Å². The normalized spacial score (nSPS) is 11.6. The number of hydrogen-bond acceptors (Lipinski definition) is 2. The highest BCUT2D eigenvalue weighted by Crippen LogP contribution is 2.46. The molecule has 11 rings (SSSR count). The number of hydrogen-bond donors (Lipinski definition) is 0. The second-order valence-electron chi connectivity index (χ2n) is 15.6. The van der Waals surface area contributed by atoms with Crippen molar-refractivity contribution in [2.24, 2.45) is 0 Å². The number of anilines is 3. The van der Waals surface area contributed by atoms with Crippen molar-refractivity contribution < 1.29 is 4.42 Å². The van der Waals surface area contributed by atoms with E-state index < -0.39 is 8.07 Å². The predicted molar refractivity (Wildman–Crippen MR) is 260 cm³/mol. The Labute approximate surface area is 357 Å². The zero-order valence-electron chi connectivity index (χ0n) is 33.5. The van der Waals surface area contributed by atoms with Gasteiger partial charge in [0.1, 0.15) is 5.58 Å². The maximum absolute atomic E-state index is 6.99. The average Bonchev–Trinajstić information content (AvgIpc) is 3.74. The van der Waals surface area contributed by atoms with E-state index in [2.05, 4.69) is 254 Å². The number of nitrogens with zero attached hydrogens (tertiary/aromatic N) is 1. The highest BCUT2D eigenvalue weighted by Gasteiger charge is 2.41. The lowest BCUT2D eigenvalue weighted by molar-refractivity contribution is 0.670. The second kappa shape index (κ2) is 15.5. The van der Waals surface area contributed by atoms with Crippen LogP contribution < -0.4 is 25.6 Å². The van der Waals surface area contributed by atoms with Crippen molar-refractivity contribution in [3.05, 3.63) is 249 Å². The Morgan fingerprint density at radius 3 is 1.34 bits per heavy atom. The highest BCUT2D eigenvalue weighted by atomic mass is 28.3. The summed E-state index contributed by atoms with van der Waals surface area (Å²) in [7, 11) is -2.65. The van der Waals surface area contributed by atoms with Gasteiger partial charge in [0, 0.05) is 27.4 Å². The minimum atomic E-state index is -2.65. The molecule has 0 radical (unpaired) electrons. The SMILES string of the molecule is c1ccc(-c2cccc3c2oc2c(N(c4ccccc4)c4ccc(-c5ccc([Si](c6ccccc6)(c6ccccc6)c6ccccc6)cc5)c5ccccc45)cccc23)cc1. The molecule has 0 saturated heterocycles. The van der Waals surface area contributed by atoms with E-state index in [0.29, 0.717) is 0 Å². The highest BCUT2D eigenvalue weighted by molar-refractivity contribution is 7.19. The molecule has 0 aliphatic carbocycles. The maximum atomic E-state index is 6.99. The molecule has 10 aromatic carbocycles. The quantitative estimate of drug-likeness (QED) is 0.107. The van der Waals surface area contributed by atoms with Gasteiger partial charge in [0.15, 0.2) is 13.7 Å². The van der Waals surface area contributed by atoms with Crippen LogP contribution in [0.1, 0.15) is 0 Å². The molecule has 2 nitrogen and oxygen atoms in total. The van der Waals surface area contributed by atoms with E-state index in [0.717, 1.165) is 55.5 Å². The fraction of sp³-hybridized carbons (Fsp3) is 0. The molecule has 0 atom stereocenters. The van der Waals surface area contributed by atoms with E-state index in [4.69, 9.17) is 4.42 Å². The lowest BCUT2D eigenvalue weighted by Crippen LogP contribution is -2.74. The number of furan rings is 1. The van der Waals surface area contributed by atoms with E-state index in [1.807, 2.05) is 0 Å². The van der Waals surface area contributed by atoms with Crippen LogP contribution in [0.15, 0.2) is 253 Å². The Kier molecular flexibility index (Phi) is 9.22. The summed E-state index contributed by atoms with van der Waals surface area (Å²) in [5.74, 6) is 0. The van der Waals surface area contributed by atoms with Crippen LogP contribution in [0.2, 0.25) is 0 Å². The van der Waals surface area contributed by atoms with E-state index in [9.17, 15) is 0 Å². The van der Waals surface area contributed by atoms with Crippen LogP contribution in [0.3, 0.4) is 0 Å². The Morgan fingerprint density at radius 2 is 0.738 bits per heavy atom. The van der Waals surface area contributed by atoms with E-state index in [-0.39, 0.29) is 0 Å². The maximum Gasteiger partial charge on any atom is 0.179 e. The smallest absolute Gasteiger partial charge is 0.179 e. The lowest BCUT2D eigenvalue weighted by Gasteiger charge is -2.34. The molecule has 1 aromatic heterocycles. The lowest BCUT2D eigenvalue weighted by atomic mass is 9.96. The number of benzene rings is 10. The third-order valence-corrected chi connectivity index (χ3v) is 17.0. The van der Waals surface area contributed by atoms with Crippen LogP contribution in [-0.2, 0) is 0 Å². The van der Waals surface area contributed by atoms with Gasteiger partial charge in [-0.25, -0.2) is 0 Å². The van der Waals surface area contributed by atoms with Gasteiger partial charge in [-0.2, -0.15) is 0 Å². The zero-order chi connectivity index (χ0) is 40.6. The van der Waals surface area contributed by atoms with Gasteiger partial charge in [0.25, 0.3) is 0 Å². The molecule has 0 amide bonds.